The average Bonchev–Trinajstić information content (AvgIpc) is 3.07. The fraction of sp³-hybridized carbons (Fsp3) is 0.450. The van der Waals surface area contributed by atoms with Gasteiger partial charge in [0.2, 0.25) is 0 Å². The Morgan fingerprint density at radius 2 is 2.12 bits per heavy atom. The van der Waals surface area contributed by atoms with Crippen molar-refractivity contribution in [3.63, 3.8) is 0 Å². The second-order valence-electron chi connectivity index (χ2n) is 7.01. The number of benzene rings is 1. The van der Waals surface area contributed by atoms with E-state index in [4.69, 9.17) is 11.6 Å². The van der Waals surface area contributed by atoms with Crippen LogP contribution in [-0.2, 0) is 6.54 Å². The van der Waals surface area contributed by atoms with Crippen molar-refractivity contribution in [2.75, 3.05) is 18.1 Å². The van der Waals surface area contributed by atoms with Gasteiger partial charge in [-0.2, -0.15) is 15.6 Å². The second kappa shape index (κ2) is 8.87. The van der Waals surface area contributed by atoms with E-state index in [2.05, 4.69) is 16.1 Å². The van der Waals surface area contributed by atoms with Crippen LogP contribution in [0.3, 0.4) is 0 Å². The molecule has 140 valence electrons. The molecule has 0 spiro atoms. The minimum atomic E-state index is -0.0398. The van der Waals surface area contributed by atoms with Crippen LogP contribution in [-0.4, -0.2) is 44.9 Å². The molecule has 1 aliphatic rings. The number of carbonyl (C=O) groups is 1. The molecule has 1 saturated heterocycles. The number of hydrogen-bond acceptors (Lipinski definition) is 2. The van der Waals surface area contributed by atoms with E-state index in [9.17, 15) is 4.79 Å². The molecule has 3 rings (SSSR count). The third-order valence-electron chi connectivity index (χ3n) is 4.97. The van der Waals surface area contributed by atoms with Crippen LogP contribution in [0.4, 0.5) is 0 Å². The van der Waals surface area contributed by atoms with Gasteiger partial charge in [0.1, 0.15) is 5.69 Å². The smallest absolute Gasteiger partial charge is 0.274 e. The van der Waals surface area contributed by atoms with Gasteiger partial charge in [-0.3, -0.25) is 9.89 Å². The summed E-state index contributed by atoms with van der Waals surface area (Å²) < 4.78 is 0. The predicted molar refractivity (Wildman–Crippen MR) is 111 cm³/mol. The van der Waals surface area contributed by atoms with E-state index in [0.29, 0.717) is 33.7 Å². The van der Waals surface area contributed by atoms with E-state index in [1.165, 1.54) is 24.3 Å². The van der Waals surface area contributed by atoms with Crippen molar-refractivity contribution >= 4 is 33.9 Å². The highest BCUT2D eigenvalue weighted by Crippen LogP contribution is 2.29. The Balaban J connectivity index is 1.71. The maximum absolute atomic E-state index is 13.0. The number of aromatic nitrogens is 2. The van der Waals surface area contributed by atoms with Crippen molar-refractivity contribution in [1.29, 1.82) is 0 Å². The first kappa shape index (κ1) is 19.2. The third-order valence-corrected chi connectivity index (χ3v) is 6.96. The number of carbonyl (C=O) groups excluding carboxylic acids is 1. The fourth-order valence-corrected chi connectivity index (χ4v) is 5.05. The molecule has 0 aliphatic carbocycles. The Morgan fingerprint density at radius 3 is 2.77 bits per heavy atom. The summed E-state index contributed by atoms with van der Waals surface area (Å²) in [6.07, 6.45) is 3.47. The molecule has 0 radical (unpaired) electrons. The van der Waals surface area contributed by atoms with E-state index in [1.54, 1.807) is 6.07 Å². The lowest BCUT2D eigenvalue weighted by Gasteiger charge is -2.28. The SMILES string of the molecule is C=S1CCC(CCN(Cc2ccccc2Cl)C(=O)c2cc(C)[nH]n2)CC1. The molecule has 0 bridgehead atoms. The van der Waals surface area contributed by atoms with E-state index < -0.39 is 0 Å². The van der Waals surface area contributed by atoms with Crippen molar-refractivity contribution in [1.82, 2.24) is 15.1 Å². The van der Waals surface area contributed by atoms with Gasteiger partial charge in [0.25, 0.3) is 5.91 Å². The Bertz CT molecular complexity index is 779. The molecule has 0 saturated carbocycles. The van der Waals surface area contributed by atoms with Crippen LogP contribution in [0, 0.1) is 12.8 Å². The van der Waals surface area contributed by atoms with Gasteiger partial charge in [0, 0.05) is 23.8 Å². The Morgan fingerprint density at radius 1 is 1.38 bits per heavy atom. The molecule has 0 atom stereocenters. The van der Waals surface area contributed by atoms with Crippen LogP contribution in [0.15, 0.2) is 30.3 Å². The maximum atomic E-state index is 13.0. The zero-order valence-electron chi connectivity index (χ0n) is 15.2. The second-order valence-corrected chi connectivity index (χ2v) is 9.46. The van der Waals surface area contributed by atoms with Gasteiger partial charge < -0.3 is 4.90 Å². The summed E-state index contributed by atoms with van der Waals surface area (Å²) in [5.41, 5.74) is 2.33. The topological polar surface area (TPSA) is 49.0 Å². The Hall–Kier alpha value is -1.59. The van der Waals surface area contributed by atoms with Gasteiger partial charge in [-0.05, 0) is 61.3 Å². The molecule has 6 heteroatoms. The first-order chi connectivity index (χ1) is 12.5. The lowest BCUT2D eigenvalue weighted by Crippen LogP contribution is -2.33. The highest BCUT2D eigenvalue weighted by molar-refractivity contribution is 8.14. The summed E-state index contributed by atoms with van der Waals surface area (Å²) in [6.45, 7) is 3.14. The van der Waals surface area contributed by atoms with Crippen molar-refractivity contribution in [3.8, 4) is 0 Å². The van der Waals surface area contributed by atoms with E-state index >= 15 is 0 Å². The number of nitrogens with one attached hydrogen (secondary N) is 1. The lowest BCUT2D eigenvalue weighted by molar-refractivity contribution is 0.0726. The monoisotopic (exact) mass is 391 g/mol. The number of amides is 1. The molecule has 0 unspecified atom stereocenters. The van der Waals surface area contributed by atoms with Gasteiger partial charge in [0.05, 0.1) is 0 Å². The normalized spacial score (nSPS) is 20.1. The number of nitrogens with zero attached hydrogens (tertiary/aromatic N) is 2. The molecule has 26 heavy (non-hydrogen) atoms. The highest BCUT2D eigenvalue weighted by atomic mass is 35.5. The molecule has 1 fully saturated rings. The standard InChI is InChI=1S/C20H26ClN3OS/c1-15-13-19(23-22-15)20(25)24(14-17-5-3-4-6-18(17)21)10-7-16-8-11-26(2)12-9-16/h3-6,13,16H,2,7-12,14H2,1H3,(H,22,23). The van der Waals surface area contributed by atoms with Crippen molar-refractivity contribution < 1.29 is 4.79 Å². The average molecular weight is 392 g/mol. The van der Waals surface area contributed by atoms with Crippen LogP contribution in [0.25, 0.3) is 0 Å². The quantitative estimate of drug-likeness (QED) is 0.736. The van der Waals surface area contributed by atoms with Gasteiger partial charge in [0.15, 0.2) is 0 Å². The third kappa shape index (κ3) is 4.98. The summed E-state index contributed by atoms with van der Waals surface area (Å²) >= 11 is 6.32. The fourth-order valence-electron chi connectivity index (χ4n) is 3.31. The summed E-state index contributed by atoms with van der Waals surface area (Å²) in [7, 11) is 0.342. The molecule has 1 aliphatic heterocycles. The lowest BCUT2D eigenvalue weighted by atomic mass is 9.98. The number of H-pyrrole nitrogens is 1. The van der Waals surface area contributed by atoms with Crippen LogP contribution in [0.2, 0.25) is 5.02 Å². The zero-order valence-corrected chi connectivity index (χ0v) is 16.8. The number of aromatic amines is 1. The molecule has 1 N–H and O–H groups in total. The number of halogens is 1. The van der Waals surface area contributed by atoms with Crippen LogP contribution in [0.1, 0.15) is 41.0 Å². The van der Waals surface area contributed by atoms with Crippen molar-refractivity contribution in [2.24, 2.45) is 5.92 Å². The van der Waals surface area contributed by atoms with E-state index in [1.807, 2.05) is 36.1 Å². The summed E-state index contributed by atoms with van der Waals surface area (Å²) in [5, 5.41) is 7.71. The van der Waals surface area contributed by atoms with Crippen molar-refractivity contribution in [3.05, 3.63) is 52.3 Å². The largest absolute Gasteiger partial charge is 0.333 e. The summed E-state index contributed by atoms with van der Waals surface area (Å²) in [4.78, 5) is 14.9. The Labute approximate surface area is 162 Å². The molecule has 4 nitrogen and oxygen atoms in total. The number of rotatable bonds is 6. The molecule has 1 aromatic heterocycles. The highest BCUT2D eigenvalue weighted by Gasteiger charge is 2.22. The molecule has 1 amide bonds. The van der Waals surface area contributed by atoms with Gasteiger partial charge >= 0.3 is 0 Å². The minimum Gasteiger partial charge on any atom is -0.333 e. The van der Waals surface area contributed by atoms with E-state index in [0.717, 1.165) is 24.2 Å². The van der Waals surface area contributed by atoms with Gasteiger partial charge in [-0.15, -0.1) is 0 Å². The van der Waals surface area contributed by atoms with Crippen LogP contribution in [0.5, 0.6) is 0 Å². The molecular formula is C20H26ClN3OS. The molecular weight excluding hydrogens is 366 g/mol. The molecule has 1 aromatic carbocycles. The number of aryl methyl sites for hydroxylation is 1. The van der Waals surface area contributed by atoms with E-state index in [-0.39, 0.29) is 5.91 Å². The Kier molecular flexibility index (Phi) is 6.54. The first-order valence-electron chi connectivity index (χ1n) is 9.05. The summed E-state index contributed by atoms with van der Waals surface area (Å²) in [6, 6.07) is 9.52. The van der Waals surface area contributed by atoms with Crippen molar-refractivity contribution in [2.45, 2.75) is 32.7 Å². The van der Waals surface area contributed by atoms with Gasteiger partial charge in [-0.1, -0.05) is 35.7 Å². The molecule has 2 heterocycles. The first-order valence-corrected chi connectivity index (χ1v) is 11.2. The summed E-state index contributed by atoms with van der Waals surface area (Å²) in [5.74, 6) is 7.29. The van der Waals surface area contributed by atoms with Crippen LogP contribution >= 0.6 is 22.1 Å². The zero-order chi connectivity index (χ0) is 18.5. The maximum Gasteiger partial charge on any atom is 0.274 e. The molecule has 2 aromatic rings. The predicted octanol–water partition coefficient (Wildman–Crippen LogP) is 4.51. The van der Waals surface area contributed by atoms with Crippen LogP contribution < -0.4 is 0 Å². The minimum absolute atomic E-state index is 0.0398. The number of hydrogen-bond donors (Lipinski definition) is 1. The van der Waals surface area contributed by atoms with Gasteiger partial charge in [-0.25, -0.2) is 0 Å².